The third-order valence-electron chi connectivity index (χ3n) is 5.02. The Morgan fingerprint density at radius 2 is 1.56 bits per heavy atom. The van der Waals surface area contributed by atoms with Gasteiger partial charge >= 0.3 is 0 Å². The maximum Gasteiger partial charge on any atom is 0.262 e. The molecule has 0 saturated carbocycles. The first kappa shape index (κ1) is 24.9. The third kappa shape index (κ3) is 6.64. The lowest BCUT2D eigenvalue weighted by atomic mass is 10.1. The lowest BCUT2D eigenvalue weighted by Gasteiger charge is -2.23. The number of carbonyl (C=O) groups excluding carboxylic acids is 1. The van der Waals surface area contributed by atoms with E-state index in [0.717, 1.165) is 11.1 Å². The first-order chi connectivity index (χ1) is 16.2. The van der Waals surface area contributed by atoms with E-state index >= 15 is 0 Å². The summed E-state index contributed by atoms with van der Waals surface area (Å²) in [6.07, 6.45) is 1.17. The van der Waals surface area contributed by atoms with Gasteiger partial charge in [-0.25, -0.2) is 8.42 Å². The average Bonchev–Trinajstić information content (AvgIpc) is 2.82. The van der Waals surface area contributed by atoms with Gasteiger partial charge in [0.05, 0.1) is 38.4 Å². The molecule has 0 radical (unpaired) electrons. The van der Waals surface area contributed by atoms with Crippen molar-refractivity contribution in [2.75, 3.05) is 36.7 Å². The molecule has 0 saturated heterocycles. The molecule has 3 aromatic carbocycles. The molecule has 34 heavy (non-hydrogen) atoms. The molecule has 1 amide bonds. The second-order valence-electron chi connectivity index (χ2n) is 7.65. The number of benzene rings is 3. The van der Waals surface area contributed by atoms with Crippen LogP contribution in [0.5, 0.6) is 17.2 Å². The van der Waals surface area contributed by atoms with E-state index in [-0.39, 0.29) is 19.1 Å². The summed E-state index contributed by atoms with van der Waals surface area (Å²) in [5.41, 5.74) is 2.97. The molecule has 3 aromatic rings. The highest BCUT2D eigenvalue weighted by Crippen LogP contribution is 2.29. The second-order valence-corrected chi connectivity index (χ2v) is 9.56. The lowest BCUT2D eigenvalue weighted by Crippen LogP contribution is -2.29. The van der Waals surface area contributed by atoms with Gasteiger partial charge in [-0.15, -0.1) is 0 Å². The van der Waals surface area contributed by atoms with E-state index in [9.17, 15) is 13.2 Å². The zero-order valence-electron chi connectivity index (χ0n) is 19.6. The Kier molecular flexibility index (Phi) is 8.01. The predicted molar refractivity (Wildman–Crippen MR) is 132 cm³/mol. The van der Waals surface area contributed by atoms with Crippen LogP contribution in [0, 0.1) is 6.92 Å². The van der Waals surface area contributed by atoms with Gasteiger partial charge in [-0.2, -0.15) is 0 Å². The molecule has 0 atom stereocenters. The van der Waals surface area contributed by atoms with E-state index in [1.165, 1.54) is 17.7 Å². The van der Waals surface area contributed by atoms with Crippen LogP contribution in [0.1, 0.15) is 11.1 Å². The molecule has 0 aromatic heterocycles. The first-order valence-electron chi connectivity index (χ1n) is 10.5. The van der Waals surface area contributed by atoms with Crippen molar-refractivity contribution < 1.29 is 27.4 Å². The minimum absolute atomic E-state index is 0.214. The van der Waals surface area contributed by atoms with Crippen LogP contribution < -0.4 is 23.8 Å². The summed E-state index contributed by atoms with van der Waals surface area (Å²) in [5, 5.41) is 2.73. The van der Waals surface area contributed by atoms with E-state index in [1.54, 1.807) is 49.6 Å². The Morgan fingerprint density at radius 1 is 0.912 bits per heavy atom. The van der Waals surface area contributed by atoms with Crippen LogP contribution in [0.4, 0.5) is 11.4 Å². The number of rotatable bonds is 10. The number of sulfonamides is 1. The number of methoxy groups -OCH3 is 2. The fraction of sp³-hybridized carbons (Fsp3) is 0.240. The van der Waals surface area contributed by atoms with Gasteiger partial charge in [0.1, 0.15) is 17.2 Å². The van der Waals surface area contributed by atoms with Crippen LogP contribution in [0.25, 0.3) is 0 Å². The van der Waals surface area contributed by atoms with Gasteiger partial charge in [-0.3, -0.25) is 9.10 Å². The van der Waals surface area contributed by atoms with Crippen LogP contribution in [0.2, 0.25) is 0 Å². The van der Waals surface area contributed by atoms with Crippen molar-refractivity contribution in [2.24, 2.45) is 0 Å². The summed E-state index contributed by atoms with van der Waals surface area (Å²) in [4.78, 5) is 12.3. The van der Waals surface area contributed by atoms with Crippen molar-refractivity contribution >= 4 is 27.3 Å². The SMILES string of the molecule is COc1ccc(NC(=O)COc2ccc(N(Cc3ccc(C)cc3)S(C)(=O)=O)cc2)c(OC)c1. The van der Waals surface area contributed by atoms with Crippen LogP contribution in [-0.4, -0.2) is 41.4 Å². The number of amides is 1. The smallest absolute Gasteiger partial charge is 0.262 e. The van der Waals surface area contributed by atoms with Crippen LogP contribution in [-0.2, 0) is 21.4 Å². The van der Waals surface area contributed by atoms with Crippen molar-refractivity contribution in [1.82, 2.24) is 0 Å². The zero-order chi connectivity index (χ0) is 24.7. The molecular formula is C25H28N2O6S. The largest absolute Gasteiger partial charge is 0.497 e. The standard InChI is InChI=1S/C25H28N2O6S/c1-18-5-7-19(8-6-18)16-27(34(4,29)30)20-9-11-21(12-10-20)33-17-25(28)26-23-14-13-22(31-2)15-24(23)32-3/h5-15H,16-17H2,1-4H3,(H,26,28). The first-order valence-corrected chi connectivity index (χ1v) is 12.3. The maximum atomic E-state index is 12.4. The molecule has 180 valence electrons. The summed E-state index contributed by atoms with van der Waals surface area (Å²) >= 11 is 0. The Labute approximate surface area is 200 Å². The molecule has 0 unspecified atom stereocenters. The Morgan fingerprint density at radius 3 is 2.15 bits per heavy atom. The quantitative estimate of drug-likeness (QED) is 0.468. The predicted octanol–water partition coefficient (Wildman–Crippen LogP) is 4.00. The van der Waals surface area contributed by atoms with E-state index in [1.807, 2.05) is 31.2 Å². The minimum atomic E-state index is -3.50. The number of ether oxygens (including phenoxy) is 3. The van der Waals surface area contributed by atoms with Gasteiger partial charge in [0, 0.05) is 6.07 Å². The number of hydrogen-bond acceptors (Lipinski definition) is 6. The molecule has 3 rings (SSSR count). The topological polar surface area (TPSA) is 94.2 Å². The van der Waals surface area contributed by atoms with Gasteiger partial charge in [0.15, 0.2) is 6.61 Å². The number of nitrogens with one attached hydrogen (secondary N) is 1. The maximum absolute atomic E-state index is 12.4. The summed E-state index contributed by atoms with van der Waals surface area (Å²) < 4.78 is 42.1. The molecule has 9 heteroatoms. The molecule has 0 heterocycles. The Balaban J connectivity index is 1.64. The fourth-order valence-corrected chi connectivity index (χ4v) is 4.09. The molecule has 0 fully saturated rings. The van der Waals surface area contributed by atoms with E-state index < -0.39 is 10.0 Å². The van der Waals surface area contributed by atoms with Gasteiger partial charge in [-0.05, 0) is 48.9 Å². The molecular weight excluding hydrogens is 456 g/mol. The third-order valence-corrected chi connectivity index (χ3v) is 6.17. The van der Waals surface area contributed by atoms with Gasteiger partial charge in [0.25, 0.3) is 5.91 Å². The summed E-state index contributed by atoms with van der Waals surface area (Å²) in [6, 6.07) is 19.3. The zero-order valence-corrected chi connectivity index (χ0v) is 20.4. The average molecular weight is 485 g/mol. The van der Waals surface area contributed by atoms with E-state index in [0.29, 0.717) is 28.6 Å². The molecule has 8 nitrogen and oxygen atoms in total. The summed E-state index contributed by atoms with van der Waals surface area (Å²) in [5.74, 6) is 1.14. The lowest BCUT2D eigenvalue weighted by molar-refractivity contribution is -0.118. The monoisotopic (exact) mass is 484 g/mol. The molecule has 0 bridgehead atoms. The minimum Gasteiger partial charge on any atom is -0.497 e. The van der Waals surface area contributed by atoms with E-state index in [4.69, 9.17) is 14.2 Å². The van der Waals surface area contributed by atoms with Crippen molar-refractivity contribution in [3.8, 4) is 17.2 Å². The summed E-state index contributed by atoms with van der Waals surface area (Å²) in [7, 11) is -0.457. The highest BCUT2D eigenvalue weighted by molar-refractivity contribution is 7.92. The number of nitrogens with zero attached hydrogens (tertiary/aromatic N) is 1. The van der Waals surface area contributed by atoms with Crippen LogP contribution in [0.3, 0.4) is 0 Å². The number of anilines is 2. The van der Waals surface area contributed by atoms with Gasteiger partial charge < -0.3 is 19.5 Å². The Bertz CT molecular complexity index is 1230. The molecule has 1 N–H and O–H groups in total. The highest BCUT2D eigenvalue weighted by Gasteiger charge is 2.18. The molecule has 0 aliphatic heterocycles. The second kappa shape index (κ2) is 10.9. The van der Waals surface area contributed by atoms with E-state index in [2.05, 4.69) is 5.32 Å². The number of aryl methyl sites for hydroxylation is 1. The normalized spacial score (nSPS) is 10.9. The highest BCUT2D eigenvalue weighted by atomic mass is 32.2. The number of carbonyl (C=O) groups is 1. The van der Waals surface area contributed by atoms with Crippen molar-refractivity contribution in [3.63, 3.8) is 0 Å². The van der Waals surface area contributed by atoms with Crippen molar-refractivity contribution in [1.29, 1.82) is 0 Å². The summed E-state index contributed by atoms with van der Waals surface area (Å²) in [6.45, 7) is 1.96. The fourth-order valence-electron chi connectivity index (χ4n) is 3.20. The van der Waals surface area contributed by atoms with Crippen LogP contribution >= 0.6 is 0 Å². The van der Waals surface area contributed by atoms with Gasteiger partial charge in [0.2, 0.25) is 10.0 Å². The van der Waals surface area contributed by atoms with Gasteiger partial charge in [-0.1, -0.05) is 29.8 Å². The van der Waals surface area contributed by atoms with Crippen molar-refractivity contribution in [3.05, 3.63) is 77.9 Å². The van der Waals surface area contributed by atoms with Crippen molar-refractivity contribution in [2.45, 2.75) is 13.5 Å². The molecule has 0 aliphatic carbocycles. The Hall–Kier alpha value is -3.72. The number of hydrogen-bond donors (Lipinski definition) is 1. The molecule has 0 spiro atoms. The molecule has 0 aliphatic rings. The van der Waals surface area contributed by atoms with Crippen LogP contribution in [0.15, 0.2) is 66.7 Å².